The van der Waals surface area contributed by atoms with Gasteiger partial charge in [-0.3, -0.25) is 25.2 Å². The Hall–Kier alpha value is -2.50. The average Bonchev–Trinajstić information content (AvgIpc) is 3.13. The van der Waals surface area contributed by atoms with Crippen molar-refractivity contribution in [1.82, 2.24) is 21.2 Å². The second-order valence-corrected chi connectivity index (χ2v) is 8.01. The fourth-order valence-corrected chi connectivity index (χ4v) is 4.09. The van der Waals surface area contributed by atoms with Gasteiger partial charge >= 0.3 is 0 Å². The molecule has 1 aromatic carbocycles. The lowest BCUT2D eigenvalue weighted by Crippen LogP contribution is -2.46. The van der Waals surface area contributed by atoms with Gasteiger partial charge in [-0.2, -0.15) is 0 Å². The number of thiazole rings is 1. The number of nitrogens with one attached hydrogen (secondary N) is 3. The molecule has 1 fully saturated rings. The molecule has 1 aliphatic rings. The van der Waals surface area contributed by atoms with Crippen LogP contribution in [0.25, 0.3) is 0 Å². The van der Waals surface area contributed by atoms with E-state index in [1.807, 2.05) is 0 Å². The Balaban J connectivity index is 1.49. The van der Waals surface area contributed by atoms with E-state index in [-0.39, 0.29) is 6.54 Å². The highest BCUT2D eigenvalue weighted by atomic mass is 79.9. The Morgan fingerprint density at radius 2 is 1.90 bits per heavy atom. The Labute approximate surface area is 179 Å². The summed E-state index contributed by atoms with van der Waals surface area (Å²) >= 11 is 4.55. The lowest BCUT2D eigenvalue weighted by molar-refractivity contribution is -0.120. The van der Waals surface area contributed by atoms with Gasteiger partial charge in [0.1, 0.15) is 4.88 Å². The molecule has 1 aromatic heterocycles. The number of carbonyl (C=O) groups excluding carboxylic acids is 3. The van der Waals surface area contributed by atoms with E-state index in [1.165, 1.54) is 11.3 Å². The fraction of sp³-hybridized carbons (Fsp3) is 0.333. The van der Waals surface area contributed by atoms with E-state index in [0.29, 0.717) is 33.8 Å². The van der Waals surface area contributed by atoms with Gasteiger partial charge in [0, 0.05) is 17.6 Å². The van der Waals surface area contributed by atoms with E-state index in [4.69, 9.17) is 4.74 Å². The molecule has 0 aliphatic carbocycles. The minimum atomic E-state index is -0.547. The number of ether oxygens (including phenoxy) is 1. The molecule has 0 saturated carbocycles. The zero-order valence-electron chi connectivity index (χ0n) is 15.7. The Kier molecular flexibility index (Phi) is 7.18. The van der Waals surface area contributed by atoms with E-state index in [2.05, 4.69) is 42.0 Å². The first-order valence-corrected chi connectivity index (χ1v) is 10.5. The Morgan fingerprint density at radius 1 is 1.17 bits per heavy atom. The van der Waals surface area contributed by atoms with Crippen LogP contribution in [0, 0.1) is 6.92 Å². The molecule has 2 heterocycles. The van der Waals surface area contributed by atoms with E-state index < -0.39 is 17.7 Å². The molecular weight excluding hydrogens is 462 g/mol. The monoisotopic (exact) mass is 481 g/mol. The number of hydrogen-bond donors (Lipinski definition) is 3. The van der Waals surface area contributed by atoms with Crippen molar-refractivity contribution in [2.75, 3.05) is 37.7 Å². The Bertz CT molecular complexity index is 913. The van der Waals surface area contributed by atoms with Crippen LogP contribution in [0.5, 0.6) is 0 Å². The molecule has 1 saturated heterocycles. The van der Waals surface area contributed by atoms with E-state index >= 15 is 0 Å². The number of amides is 3. The molecule has 0 atom stereocenters. The van der Waals surface area contributed by atoms with Crippen LogP contribution in [0.4, 0.5) is 5.13 Å². The van der Waals surface area contributed by atoms with Crippen LogP contribution < -0.4 is 21.1 Å². The minimum Gasteiger partial charge on any atom is -0.378 e. The van der Waals surface area contributed by atoms with Crippen LogP contribution >= 0.6 is 27.3 Å². The third kappa shape index (κ3) is 5.52. The second-order valence-electron chi connectivity index (χ2n) is 6.18. The highest BCUT2D eigenvalue weighted by molar-refractivity contribution is 9.10. The Morgan fingerprint density at radius 3 is 2.62 bits per heavy atom. The number of aromatic nitrogens is 1. The first-order valence-electron chi connectivity index (χ1n) is 8.87. The maximum absolute atomic E-state index is 12.4. The zero-order valence-corrected chi connectivity index (χ0v) is 18.1. The van der Waals surface area contributed by atoms with Crippen molar-refractivity contribution in [3.8, 4) is 0 Å². The minimum absolute atomic E-state index is 0.277. The van der Waals surface area contributed by atoms with Crippen molar-refractivity contribution in [1.29, 1.82) is 0 Å². The molecule has 0 unspecified atom stereocenters. The summed E-state index contributed by atoms with van der Waals surface area (Å²) in [5.41, 5.74) is 5.66. The SMILES string of the molecule is Cc1nc(N2CCOCC2)sc1C(=O)NNC(=O)CNC(=O)c1ccccc1Br. The number of halogens is 1. The highest BCUT2D eigenvalue weighted by Crippen LogP contribution is 2.26. The van der Waals surface area contributed by atoms with Crippen molar-refractivity contribution in [3.63, 3.8) is 0 Å². The van der Waals surface area contributed by atoms with Crippen LogP contribution in [0.1, 0.15) is 25.7 Å². The summed E-state index contributed by atoms with van der Waals surface area (Å²) in [5.74, 6) is -1.40. The number of morpholine rings is 1. The van der Waals surface area contributed by atoms with Crippen molar-refractivity contribution >= 4 is 50.1 Å². The zero-order chi connectivity index (χ0) is 20.8. The van der Waals surface area contributed by atoms with Gasteiger partial charge in [-0.15, -0.1) is 0 Å². The van der Waals surface area contributed by atoms with E-state index in [1.54, 1.807) is 31.2 Å². The number of hydrazine groups is 1. The smallest absolute Gasteiger partial charge is 0.281 e. The summed E-state index contributed by atoms with van der Waals surface area (Å²) in [6.07, 6.45) is 0. The molecule has 3 N–H and O–H groups in total. The molecule has 3 rings (SSSR count). The van der Waals surface area contributed by atoms with E-state index in [9.17, 15) is 14.4 Å². The van der Waals surface area contributed by atoms with Crippen LogP contribution in [0.2, 0.25) is 0 Å². The molecule has 11 heteroatoms. The first-order chi connectivity index (χ1) is 14.0. The molecule has 2 aromatic rings. The number of nitrogens with zero attached hydrogens (tertiary/aromatic N) is 2. The van der Waals surface area contributed by atoms with Gasteiger partial charge in [-0.05, 0) is 35.0 Å². The van der Waals surface area contributed by atoms with Gasteiger partial charge in [-0.25, -0.2) is 4.98 Å². The van der Waals surface area contributed by atoms with Crippen LogP contribution in [0.15, 0.2) is 28.7 Å². The molecule has 0 bridgehead atoms. The predicted octanol–water partition coefficient (Wildman–Crippen LogP) is 1.24. The van der Waals surface area contributed by atoms with Crippen molar-refractivity contribution in [2.24, 2.45) is 0 Å². The van der Waals surface area contributed by atoms with Crippen molar-refractivity contribution < 1.29 is 19.1 Å². The van der Waals surface area contributed by atoms with Gasteiger partial charge in [0.25, 0.3) is 17.7 Å². The predicted molar refractivity (Wildman–Crippen MR) is 112 cm³/mol. The summed E-state index contributed by atoms with van der Waals surface area (Å²) in [5, 5.41) is 3.25. The molecular formula is C18H20BrN5O4S. The standard InChI is InChI=1S/C18H20BrN5O4S/c1-11-15(29-18(21-11)24-6-8-28-9-7-24)17(27)23-22-14(25)10-20-16(26)12-4-2-3-5-13(12)19/h2-5H,6-10H2,1H3,(H,20,26)(H,22,25)(H,23,27). The summed E-state index contributed by atoms with van der Waals surface area (Å²) in [6, 6.07) is 6.88. The quantitative estimate of drug-likeness (QED) is 0.553. The molecule has 3 amide bonds. The molecule has 9 nitrogen and oxygen atoms in total. The lowest BCUT2D eigenvalue weighted by atomic mass is 10.2. The van der Waals surface area contributed by atoms with Gasteiger partial charge < -0.3 is 15.0 Å². The second kappa shape index (κ2) is 9.81. The van der Waals surface area contributed by atoms with Gasteiger partial charge in [0.05, 0.1) is 31.0 Å². The third-order valence-corrected chi connectivity index (χ3v) is 6.03. The van der Waals surface area contributed by atoms with Crippen LogP contribution in [-0.2, 0) is 9.53 Å². The number of hydrogen-bond acceptors (Lipinski definition) is 7. The highest BCUT2D eigenvalue weighted by Gasteiger charge is 2.21. The number of carbonyl (C=O) groups is 3. The molecule has 29 heavy (non-hydrogen) atoms. The summed E-state index contributed by atoms with van der Waals surface area (Å²) in [4.78, 5) is 43.3. The molecule has 0 radical (unpaired) electrons. The van der Waals surface area contributed by atoms with Gasteiger partial charge in [0.2, 0.25) is 0 Å². The first kappa shape index (κ1) is 21.2. The normalized spacial score (nSPS) is 13.7. The number of rotatable bonds is 5. The van der Waals surface area contributed by atoms with Crippen molar-refractivity contribution in [2.45, 2.75) is 6.92 Å². The summed E-state index contributed by atoms with van der Waals surface area (Å²) in [7, 11) is 0. The largest absolute Gasteiger partial charge is 0.378 e. The molecule has 1 aliphatic heterocycles. The topological polar surface area (TPSA) is 113 Å². The fourth-order valence-electron chi connectivity index (χ4n) is 2.61. The number of aryl methyl sites for hydroxylation is 1. The van der Waals surface area contributed by atoms with E-state index in [0.717, 1.165) is 18.2 Å². The van der Waals surface area contributed by atoms with Crippen LogP contribution in [-0.4, -0.2) is 55.6 Å². The van der Waals surface area contributed by atoms with Crippen molar-refractivity contribution in [3.05, 3.63) is 44.9 Å². The molecule has 154 valence electrons. The maximum atomic E-state index is 12.4. The van der Waals surface area contributed by atoms with Crippen LogP contribution in [0.3, 0.4) is 0 Å². The molecule has 0 spiro atoms. The average molecular weight is 482 g/mol. The van der Waals surface area contributed by atoms with Gasteiger partial charge in [0.15, 0.2) is 5.13 Å². The van der Waals surface area contributed by atoms with Gasteiger partial charge in [-0.1, -0.05) is 23.5 Å². The maximum Gasteiger partial charge on any atom is 0.281 e. The lowest BCUT2D eigenvalue weighted by Gasteiger charge is -2.25. The summed E-state index contributed by atoms with van der Waals surface area (Å²) < 4.78 is 5.95. The number of benzene rings is 1. The summed E-state index contributed by atoms with van der Waals surface area (Å²) in [6.45, 7) is 4.17. The number of anilines is 1. The third-order valence-electron chi connectivity index (χ3n) is 4.12.